The first-order chi connectivity index (χ1) is 12.8. The molecule has 0 aliphatic carbocycles. The number of nitrogens with one attached hydrogen (secondary N) is 1. The predicted molar refractivity (Wildman–Crippen MR) is 109 cm³/mol. The van der Waals surface area contributed by atoms with Gasteiger partial charge in [0, 0.05) is 24.4 Å². The highest BCUT2D eigenvalue weighted by Gasteiger charge is 2.13. The molecule has 0 saturated heterocycles. The fourth-order valence-electron chi connectivity index (χ4n) is 2.76. The van der Waals surface area contributed by atoms with Gasteiger partial charge in [0.1, 0.15) is 5.75 Å². The number of anilines is 1. The highest BCUT2D eigenvalue weighted by molar-refractivity contribution is 5.98. The van der Waals surface area contributed by atoms with Crippen LogP contribution in [-0.4, -0.2) is 37.4 Å². The van der Waals surface area contributed by atoms with Gasteiger partial charge in [-0.25, -0.2) is 0 Å². The maximum atomic E-state index is 12.3. The maximum absolute atomic E-state index is 12.3. The lowest BCUT2D eigenvalue weighted by molar-refractivity contribution is -0.129. The fourth-order valence-corrected chi connectivity index (χ4v) is 2.76. The van der Waals surface area contributed by atoms with Crippen LogP contribution in [0.25, 0.3) is 6.08 Å². The Morgan fingerprint density at radius 1 is 1.11 bits per heavy atom. The van der Waals surface area contributed by atoms with Crippen LogP contribution in [0.3, 0.4) is 0 Å². The summed E-state index contributed by atoms with van der Waals surface area (Å²) in [5.74, 6) is 0.208. The van der Waals surface area contributed by atoms with Crippen LogP contribution < -0.4 is 10.1 Å². The number of hydrogen-bond donors (Lipinski definition) is 1. The minimum absolute atomic E-state index is 0.0259. The van der Waals surface area contributed by atoms with Crippen molar-refractivity contribution >= 4 is 23.6 Å². The number of hydrogen-bond acceptors (Lipinski definition) is 3. The van der Waals surface area contributed by atoms with Crippen molar-refractivity contribution in [3.05, 3.63) is 64.7 Å². The number of aryl methyl sites for hydroxylation is 3. The van der Waals surface area contributed by atoms with E-state index in [1.165, 1.54) is 11.0 Å². The molecule has 5 heteroatoms. The first-order valence-electron chi connectivity index (χ1n) is 8.75. The Labute approximate surface area is 160 Å². The van der Waals surface area contributed by atoms with Crippen molar-refractivity contribution in [2.75, 3.05) is 26.0 Å². The molecule has 0 unspecified atom stereocenters. The van der Waals surface area contributed by atoms with Crippen LogP contribution in [0, 0.1) is 20.8 Å². The number of para-hydroxylation sites is 1. The zero-order valence-corrected chi connectivity index (χ0v) is 16.5. The summed E-state index contributed by atoms with van der Waals surface area (Å²) < 4.78 is 5.31. The number of benzene rings is 2. The minimum Gasteiger partial charge on any atom is -0.496 e. The van der Waals surface area contributed by atoms with E-state index >= 15 is 0 Å². The molecule has 0 radical (unpaired) electrons. The van der Waals surface area contributed by atoms with E-state index in [1.807, 2.05) is 57.2 Å². The quantitative estimate of drug-likeness (QED) is 0.793. The highest BCUT2D eigenvalue weighted by Crippen LogP contribution is 2.21. The third kappa shape index (κ3) is 5.45. The van der Waals surface area contributed by atoms with Crippen LogP contribution in [0.15, 0.2) is 42.5 Å². The highest BCUT2D eigenvalue weighted by atomic mass is 16.5. The summed E-state index contributed by atoms with van der Waals surface area (Å²) in [5, 5.41) is 2.89. The molecule has 2 aromatic carbocycles. The lowest BCUT2D eigenvalue weighted by Crippen LogP contribution is -2.34. The van der Waals surface area contributed by atoms with Crippen molar-refractivity contribution in [2.45, 2.75) is 20.8 Å². The third-order valence-corrected chi connectivity index (χ3v) is 4.29. The van der Waals surface area contributed by atoms with E-state index < -0.39 is 0 Å². The number of amides is 2. The van der Waals surface area contributed by atoms with Gasteiger partial charge in [0.15, 0.2) is 0 Å². The van der Waals surface area contributed by atoms with Gasteiger partial charge >= 0.3 is 0 Å². The van der Waals surface area contributed by atoms with Crippen molar-refractivity contribution in [3.8, 4) is 5.75 Å². The molecule has 2 amide bonds. The Hall–Kier alpha value is -3.08. The zero-order valence-electron chi connectivity index (χ0n) is 16.5. The summed E-state index contributed by atoms with van der Waals surface area (Å²) in [6, 6.07) is 11.6. The van der Waals surface area contributed by atoms with Gasteiger partial charge in [-0.1, -0.05) is 29.8 Å². The van der Waals surface area contributed by atoms with Crippen LogP contribution in [0.1, 0.15) is 22.3 Å². The van der Waals surface area contributed by atoms with Crippen LogP contribution in [0.4, 0.5) is 5.69 Å². The van der Waals surface area contributed by atoms with Crippen molar-refractivity contribution in [1.29, 1.82) is 0 Å². The largest absolute Gasteiger partial charge is 0.496 e. The Morgan fingerprint density at radius 3 is 2.41 bits per heavy atom. The second-order valence-electron chi connectivity index (χ2n) is 6.59. The number of rotatable bonds is 6. The van der Waals surface area contributed by atoms with Crippen LogP contribution >= 0.6 is 0 Å². The first kappa shape index (κ1) is 20.2. The molecule has 0 spiro atoms. The van der Waals surface area contributed by atoms with E-state index in [9.17, 15) is 9.59 Å². The summed E-state index contributed by atoms with van der Waals surface area (Å²) >= 11 is 0. The van der Waals surface area contributed by atoms with E-state index in [1.54, 1.807) is 20.2 Å². The van der Waals surface area contributed by atoms with Gasteiger partial charge in [-0.05, 0) is 50.1 Å². The minimum atomic E-state index is -0.254. The maximum Gasteiger partial charge on any atom is 0.246 e. The monoisotopic (exact) mass is 366 g/mol. The van der Waals surface area contributed by atoms with Gasteiger partial charge in [-0.2, -0.15) is 0 Å². The smallest absolute Gasteiger partial charge is 0.246 e. The van der Waals surface area contributed by atoms with Gasteiger partial charge in [0.2, 0.25) is 11.8 Å². The number of likely N-dealkylation sites (N-methyl/N-ethyl adjacent to an activating group) is 1. The first-order valence-corrected chi connectivity index (χ1v) is 8.75. The van der Waals surface area contributed by atoms with Crippen molar-refractivity contribution in [1.82, 2.24) is 4.90 Å². The van der Waals surface area contributed by atoms with Crippen LogP contribution in [0.2, 0.25) is 0 Å². The third-order valence-electron chi connectivity index (χ3n) is 4.29. The average Bonchev–Trinajstić information content (AvgIpc) is 2.63. The molecule has 27 heavy (non-hydrogen) atoms. The molecule has 0 aliphatic rings. The predicted octanol–water partition coefficient (Wildman–Crippen LogP) is 3.73. The Balaban J connectivity index is 2.01. The summed E-state index contributed by atoms with van der Waals surface area (Å²) in [6.45, 7) is 5.83. The number of carbonyl (C=O) groups excluding carboxylic acids is 2. The van der Waals surface area contributed by atoms with E-state index in [4.69, 9.17) is 4.74 Å². The molecular weight excluding hydrogens is 340 g/mol. The summed E-state index contributed by atoms with van der Waals surface area (Å²) in [6.07, 6.45) is 3.15. The Bertz CT molecular complexity index is 852. The molecular formula is C22H26N2O3. The molecule has 0 aliphatic heterocycles. The fraction of sp³-hybridized carbons (Fsp3) is 0.273. The van der Waals surface area contributed by atoms with Crippen LogP contribution in [-0.2, 0) is 9.59 Å². The number of nitrogens with zero attached hydrogens (tertiary/aromatic N) is 1. The molecule has 0 aromatic heterocycles. The van der Waals surface area contributed by atoms with Gasteiger partial charge in [0.25, 0.3) is 0 Å². The molecule has 0 atom stereocenters. The van der Waals surface area contributed by atoms with Crippen molar-refractivity contribution < 1.29 is 14.3 Å². The lowest BCUT2D eigenvalue weighted by atomic mass is 10.1. The van der Waals surface area contributed by atoms with E-state index in [0.29, 0.717) is 5.75 Å². The number of ether oxygens (including phenoxy) is 1. The lowest BCUT2D eigenvalue weighted by Gasteiger charge is -2.17. The standard InChI is InChI=1S/C22H26N2O3/c1-15-9-11-19(27-5)18(13-15)10-12-21(26)24(4)14-20(25)23-22-16(2)7-6-8-17(22)3/h6-13H,14H2,1-5H3,(H,23,25). The van der Waals surface area contributed by atoms with E-state index in [2.05, 4.69) is 5.32 Å². The van der Waals surface area contributed by atoms with Gasteiger partial charge in [-0.15, -0.1) is 0 Å². The topological polar surface area (TPSA) is 58.6 Å². The Kier molecular flexibility index (Phi) is 6.77. The number of carbonyl (C=O) groups is 2. The summed E-state index contributed by atoms with van der Waals surface area (Å²) in [4.78, 5) is 26.0. The molecule has 0 saturated carbocycles. The summed E-state index contributed by atoms with van der Waals surface area (Å²) in [5.41, 5.74) is 4.67. The molecule has 0 heterocycles. The zero-order chi connectivity index (χ0) is 20.0. The average molecular weight is 366 g/mol. The molecule has 142 valence electrons. The molecule has 1 N–H and O–H groups in total. The molecule has 2 rings (SSSR count). The van der Waals surface area contributed by atoms with Crippen molar-refractivity contribution in [3.63, 3.8) is 0 Å². The second kappa shape index (κ2) is 9.03. The van der Waals surface area contributed by atoms with Gasteiger partial charge < -0.3 is 15.0 Å². The molecule has 2 aromatic rings. The Morgan fingerprint density at radius 2 is 1.78 bits per heavy atom. The summed E-state index contributed by atoms with van der Waals surface area (Å²) in [7, 11) is 3.19. The van der Waals surface area contributed by atoms with E-state index in [0.717, 1.165) is 27.9 Å². The van der Waals surface area contributed by atoms with E-state index in [-0.39, 0.29) is 18.4 Å². The molecule has 0 fully saturated rings. The SMILES string of the molecule is COc1ccc(C)cc1C=CC(=O)N(C)CC(=O)Nc1c(C)cccc1C. The number of methoxy groups -OCH3 is 1. The van der Waals surface area contributed by atoms with Crippen LogP contribution in [0.5, 0.6) is 5.75 Å². The van der Waals surface area contributed by atoms with Gasteiger partial charge in [0.05, 0.1) is 13.7 Å². The molecule has 0 bridgehead atoms. The second-order valence-corrected chi connectivity index (χ2v) is 6.59. The van der Waals surface area contributed by atoms with Gasteiger partial charge in [-0.3, -0.25) is 9.59 Å². The normalized spacial score (nSPS) is 10.7. The van der Waals surface area contributed by atoms with Crippen molar-refractivity contribution in [2.24, 2.45) is 0 Å². The molecule has 5 nitrogen and oxygen atoms in total.